The molecule has 3 aromatic rings. The molecule has 0 aliphatic carbocycles. The van der Waals surface area contributed by atoms with Gasteiger partial charge in [-0.15, -0.1) is 0 Å². The monoisotopic (exact) mass is 291 g/mol. The molecule has 22 heavy (non-hydrogen) atoms. The van der Waals surface area contributed by atoms with Crippen molar-refractivity contribution in [1.82, 2.24) is 0 Å². The first kappa shape index (κ1) is 14.3. The van der Waals surface area contributed by atoms with Gasteiger partial charge in [0, 0.05) is 18.2 Å². The lowest BCUT2D eigenvalue weighted by Crippen LogP contribution is -2.14. The lowest BCUT2D eigenvalue weighted by molar-refractivity contribution is 0.628. The third-order valence-electron chi connectivity index (χ3n) is 3.76. The molecule has 1 N–H and O–H groups in total. The minimum atomic E-state index is -0.215. The standard InChI is InChI=1S/C20H18FN/c21-18-11-13-19(14-12-18)22-15-20(16-7-3-1-4-8-16)17-9-5-2-6-10-17/h1-14,20,22H,15H2. The maximum Gasteiger partial charge on any atom is 0.123 e. The van der Waals surface area contributed by atoms with Crippen molar-refractivity contribution in [2.75, 3.05) is 11.9 Å². The average molecular weight is 291 g/mol. The summed E-state index contributed by atoms with van der Waals surface area (Å²) in [5, 5.41) is 3.40. The number of hydrogen-bond acceptors (Lipinski definition) is 1. The van der Waals surface area contributed by atoms with Crippen molar-refractivity contribution < 1.29 is 4.39 Å². The molecule has 0 saturated carbocycles. The van der Waals surface area contributed by atoms with Crippen LogP contribution in [0.5, 0.6) is 0 Å². The van der Waals surface area contributed by atoms with Crippen molar-refractivity contribution in [3.63, 3.8) is 0 Å². The van der Waals surface area contributed by atoms with E-state index in [1.807, 2.05) is 12.1 Å². The van der Waals surface area contributed by atoms with Crippen LogP contribution in [-0.4, -0.2) is 6.54 Å². The van der Waals surface area contributed by atoms with Gasteiger partial charge in [0.25, 0.3) is 0 Å². The Morgan fingerprint density at radius 2 is 1.18 bits per heavy atom. The molecule has 2 heteroatoms. The van der Waals surface area contributed by atoms with E-state index in [-0.39, 0.29) is 11.7 Å². The Hall–Kier alpha value is -2.61. The van der Waals surface area contributed by atoms with E-state index in [4.69, 9.17) is 0 Å². The molecule has 110 valence electrons. The van der Waals surface area contributed by atoms with Crippen LogP contribution in [0, 0.1) is 5.82 Å². The highest BCUT2D eigenvalue weighted by molar-refractivity contribution is 5.44. The molecule has 0 aliphatic heterocycles. The molecule has 0 atom stereocenters. The fourth-order valence-electron chi connectivity index (χ4n) is 2.59. The van der Waals surface area contributed by atoms with Crippen LogP contribution in [0.25, 0.3) is 0 Å². The highest BCUT2D eigenvalue weighted by Crippen LogP contribution is 2.25. The van der Waals surface area contributed by atoms with Crippen LogP contribution in [0.15, 0.2) is 84.9 Å². The number of anilines is 1. The fourth-order valence-corrected chi connectivity index (χ4v) is 2.59. The van der Waals surface area contributed by atoms with Gasteiger partial charge in [0.15, 0.2) is 0 Å². The normalized spacial score (nSPS) is 10.6. The molecule has 3 rings (SSSR count). The summed E-state index contributed by atoms with van der Waals surface area (Å²) in [5.41, 5.74) is 3.46. The van der Waals surface area contributed by atoms with Crippen LogP contribution >= 0.6 is 0 Å². The van der Waals surface area contributed by atoms with Crippen LogP contribution in [-0.2, 0) is 0 Å². The van der Waals surface area contributed by atoms with Gasteiger partial charge in [-0.3, -0.25) is 0 Å². The minimum absolute atomic E-state index is 0.215. The van der Waals surface area contributed by atoms with Gasteiger partial charge in [-0.1, -0.05) is 60.7 Å². The van der Waals surface area contributed by atoms with Gasteiger partial charge in [-0.2, -0.15) is 0 Å². The lowest BCUT2D eigenvalue weighted by Gasteiger charge is -2.19. The summed E-state index contributed by atoms with van der Waals surface area (Å²) in [5.74, 6) is 0.0423. The van der Waals surface area contributed by atoms with E-state index in [9.17, 15) is 4.39 Å². The van der Waals surface area contributed by atoms with E-state index >= 15 is 0 Å². The zero-order chi connectivity index (χ0) is 15.2. The Kier molecular flexibility index (Phi) is 4.50. The van der Waals surface area contributed by atoms with Crippen LogP contribution in [0.4, 0.5) is 10.1 Å². The number of nitrogens with one attached hydrogen (secondary N) is 1. The van der Waals surface area contributed by atoms with Crippen molar-refractivity contribution in [3.05, 3.63) is 102 Å². The van der Waals surface area contributed by atoms with E-state index in [1.54, 1.807) is 12.1 Å². The maximum atomic E-state index is 13.0. The smallest absolute Gasteiger partial charge is 0.123 e. The second kappa shape index (κ2) is 6.90. The molecule has 1 nitrogen and oxygen atoms in total. The Balaban J connectivity index is 1.81. The topological polar surface area (TPSA) is 12.0 Å². The zero-order valence-electron chi connectivity index (χ0n) is 12.2. The molecule has 0 radical (unpaired) electrons. The van der Waals surface area contributed by atoms with Crippen molar-refractivity contribution in [3.8, 4) is 0 Å². The number of rotatable bonds is 5. The van der Waals surface area contributed by atoms with Crippen molar-refractivity contribution in [2.24, 2.45) is 0 Å². The molecule has 0 heterocycles. The first-order valence-corrected chi connectivity index (χ1v) is 7.42. The molecule has 0 unspecified atom stereocenters. The summed E-state index contributed by atoms with van der Waals surface area (Å²) in [6.07, 6.45) is 0. The van der Waals surface area contributed by atoms with Crippen LogP contribution in [0.3, 0.4) is 0 Å². The summed E-state index contributed by atoms with van der Waals surface area (Å²) in [6.45, 7) is 0.764. The Morgan fingerprint density at radius 1 is 0.682 bits per heavy atom. The highest BCUT2D eigenvalue weighted by Gasteiger charge is 2.13. The van der Waals surface area contributed by atoms with Gasteiger partial charge in [0.2, 0.25) is 0 Å². The molecule has 0 amide bonds. The van der Waals surface area contributed by atoms with E-state index in [1.165, 1.54) is 23.3 Å². The van der Waals surface area contributed by atoms with Crippen molar-refractivity contribution in [2.45, 2.75) is 5.92 Å². The molecule has 0 fully saturated rings. The van der Waals surface area contributed by atoms with E-state index in [2.05, 4.69) is 53.8 Å². The Bertz CT molecular complexity index is 653. The molecule has 0 spiro atoms. The summed E-state index contributed by atoms with van der Waals surface area (Å²) in [6, 6.07) is 27.3. The SMILES string of the molecule is Fc1ccc(NCC(c2ccccc2)c2ccccc2)cc1. The lowest BCUT2D eigenvalue weighted by atomic mass is 9.91. The van der Waals surface area contributed by atoms with E-state index in [0.29, 0.717) is 0 Å². The molecule has 3 aromatic carbocycles. The zero-order valence-corrected chi connectivity index (χ0v) is 12.2. The molecular formula is C20H18FN. The summed E-state index contributed by atoms with van der Waals surface area (Å²) >= 11 is 0. The number of hydrogen-bond donors (Lipinski definition) is 1. The molecule has 0 aliphatic rings. The van der Waals surface area contributed by atoms with Gasteiger partial charge in [-0.25, -0.2) is 4.39 Å². The first-order valence-electron chi connectivity index (χ1n) is 7.42. The van der Waals surface area contributed by atoms with Crippen molar-refractivity contribution in [1.29, 1.82) is 0 Å². The van der Waals surface area contributed by atoms with Gasteiger partial charge in [-0.05, 0) is 35.4 Å². The molecular weight excluding hydrogens is 273 g/mol. The molecule has 0 bridgehead atoms. The minimum Gasteiger partial charge on any atom is -0.384 e. The highest BCUT2D eigenvalue weighted by atomic mass is 19.1. The summed E-state index contributed by atoms with van der Waals surface area (Å²) in [4.78, 5) is 0. The second-order valence-corrected chi connectivity index (χ2v) is 5.26. The predicted octanol–water partition coefficient (Wildman–Crippen LogP) is 5.07. The van der Waals surface area contributed by atoms with Crippen LogP contribution in [0.1, 0.15) is 17.0 Å². The first-order chi connectivity index (χ1) is 10.8. The Morgan fingerprint density at radius 3 is 1.68 bits per heavy atom. The summed E-state index contributed by atoms with van der Waals surface area (Å²) in [7, 11) is 0. The van der Waals surface area contributed by atoms with Gasteiger partial charge in [0.05, 0.1) is 0 Å². The third kappa shape index (κ3) is 3.53. The van der Waals surface area contributed by atoms with E-state index in [0.717, 1.165) is 12.2 Å². The third-order valence-corrected chi connectivity index (χ3v) is 3.76. The largest absolute Gasteiger partial charge is 0.384 e. The average Bonchev–Trinajstić information content (AvgIpc) is 2.59. The quantitative estimate of drug-likeness (QED) is 0.692. The molecule has 0 saturated heterocycles. The number of benzene rings is 3. The summed E-state index contributed by atoms with van der Waals surface area (Å²) < 4.78 is 13.0. The van der Waals surface area contributed by atoms with Gasteiger partial charge in [0.1, 0.15) is 5.82 Å². The van der Waals surface area contributed by atoms with E-state index < -0.39 is 0 Å². The Labute approximate surface area is 130 Å². The van der Waals surface area contributed by atoms with Crippen molar-refractivity contribution >= 4 is 5.69 Å². The number of halogens is 1. The predicted molar refractivity (Wildman–Crippen MR) is 89.6 cm³/mol. The fraction of sp³-hybridized carbons (Fsp3) is 0.100. The molecule has 0 aromatic heterocycles. The maximum absolute atomic E-state index is 13.0. The van der Waals surface area contributed by atoms with Gasteiger partial charge < -0.3 is 5.32 Å². The van der Waals surface area contributed by atoms with Crippen LogP contribution in [0.2, 0.25) is 0 Å². The second-order valence-electron chi connectivity index (χ2n) is 5.26. The van der Waals surface area contributed by atoms with Gasteiger partial charge >= 0.3 is 0 Å². The van der Waals surface area contributed by atoms with Crippen LogP contribution < -0.4 is 5.32 Å².